The smallest absolute Gasteiger partial charge is 0.318 e. The SMILES string of the molecule is CC[C@@H]1CCc2sc(-c3nnc(S[C@@H](C)C(=O)NC(N)=O)n3C)cc2C1. The summed E-state index contributed by atoms with van der Waals surface area (Å²) < 4.78 is 1.90. The van der Waals surface area contributed by atoms with E-state index in [9.17, 15) is 9.59 Å². The normalized spacial score (nSPS) is 17.6. The lowest BCUT2D eigenvalue weighted by molar-refractivity contribution is -0.119. The molecule has 2 atom stereocenters. The summed E-state index contributed by atoms with van der Waals surface area (Å²) in [6, 6.07) is 1.39. The Morgan fingerprint density at radius 2 is 2.27 bits per heavy atom. The average molecular weight is 394 g/mol. The Balaban J connectivity index is 1.76. The van der Waals surface area contributed by atoms with Crippen molar-refractivity contribution in [2.45, 2.75) is 49.9 Å². The number of thiophene rings is 1. The van der Waals surface area contributed by atoms with Crippen molar-refractivity contribution >= 4 is 35.0 Å². The molecule has 2 aromatic heterocycles. The lowest BCUT2D eigenvalue weighted by atomic mass is 9.87. The van der Waals surface area contributed by atoms with E-state index in [1.807, 2.05) is 11.6 Å². The molecule has 0 saturated heterocycles. The molecule has 3 rings (SSSR count). The Labute approximate surface area is 160 Å². The Hall–Kier alpha value is -1.87. The van der Waals surface area contributed by atoms with Crippen molar-refractivity contribution in [1.82, 2.24) is 20.1 Å². The van der Waals surface area contributed by atoms with E-state index in [0.29, 0.717) is 5.16 Å². The molecule has 3 amide bonds. The molecule has 0 aliphatic heterocycles. The van der Waals surface area contributed by atoms with Gasteiger partial charge in [-0.25, -0.2) is 4.79 Å². The molecule has 2 aromatic rings. The zero-order valence-corrected chi connectivity index (χ0v) is 16.7. The number of carbonyl (C=O) groups is 2. The zero-order valence-electron chi connectivity index (χ0n) is 15.1. The molecule has 0 saturated carbocycles. The fourth-order valence-corrected chi connectivity index (χ4v) is 5.17. The van der Waals surface area contributed by atoms with Gasteiger partial charge in [0.05, 0.1) is 10.1 Å². The molecule has 1 aliphatic rings. The van der Waals surface area contributed by atoms with Gasteiger partial charge in [0, 0.05) is 11.9 Å². The van der Waals surface area contributed by atoms with Gasteiger partial charge in [-0.2, -0.15) is 0 Å². The third-order valence-electron chi connectivity index (χ3n) is 4.72. The predicted molar refractivity (Wildman–Crippen MR) is 103 cm³/mol. The number of carbonyl (C=O) groups excluding carboxylic acids is 2. The number of hydrogen-bond donors (Lipinski definition) is 2. The Morgan fingerprint density at radius 3 is 2.96 bits per heavy atom. The van der Waals surface area contributed by atoms with E-state index in [0.717, 1.165) is 29.5 Å². The summed E-state index contributed by atoms with van der Waals surface area (Å²) in [7, 11) is 1.89. The van der Waals surface area contributed by atoms with E-state index >= 15 is 0 Å². The highest BCUT2D eigenvalue weighted by atomic mass is 32.2. The summed E-state index contributed by atoms with van der Waals surface area (Å²) >= 11 is 3.04. The van der Waals surface area contributed by atoms with E-state index in [1.54, 1.807) is 18.3 Å². The summed E-state index contributed by atoms with van der Waals surface area (Å²) in [4.78, 5) is 25.2. The van der Waals surface area contributed by atoms with Crippen LogP contribution >= 0.6 is 23.1 Å². The summed E-state index contributed by atoms with van der Waals surface area (Å²) in [6.07, 6.45) is 4.77. The van der Waals surface area contributed by atoms with Crippen LogP contribution in [0.2, 0.25) is 0 Å². The second-order valence-corrected chi connectivity index (χ2v) is 9.00. The van der Waals surface area contributed by atoms with Crippen LogP contribution in [0.25, 0.3) is 10.7 Å². The third-order valence-corrected chi connectivity index (χ3v) is 7.08. The minimum Gasteiger partial charge on any atom is -0.351 e. The maximum atomic E-state index is 11.8. The lowest BCUT2D eigenvalue weighted by Crippen LogP contribution is -2.39. The molecule has 0 aromatic carbocycles. The van der Waals surface area contributed by atoms with Crippen molar-refractivity contribution in [2.24, 2.45) is 18.7 Å². The highest BCUT2D eigenvalue weighted by Crippen LogP contribution is 2.38. The first-order valence-corrected chi connectivity index (χ1v) is 10.4. The van der Waals surface area contributed by atoms with Gasteiger partial charge < -0.3 is 10.3 Å². The summed E-state index contributed by atoms with van der Waals surface area (Å²) in [5.41, 5.74) is 6.43. The first-order valence-electron chi connectivity index (χ1n) is 8.67. The van der Waals surface area contributed by atoms with Crippen LogP contribution < -0.4 is 11.1 Å². The molecule has 2 heterocycles. The van der Waals surface area contributed by atoms with Gasteiger partial charge in [0.1, 0.15) is 0 Å². The number of rotatable bonds is 5. The first kappa shape index (κ1) is 18.9. The van der Waals surface area contributed by atoms with Crippen molar-refractivity contribution in [2.75, 3.05) is 0 Å². The molecule has 0 fully saturated rings. The quantitative estimate of drug-likeness (QED) is 0.760. The van der Waals surface area contributed by atoms with Crippen molar-refractivity contribution in [3.05, 3.63) is 16.5 Å². The van der Waals surface area contributed by atoms with Crippen molar-refractivity contribution in [1.29, 1.82) is 0 Å². The van der Waals surface area contributed by atoms with Gasteiger partial charge in [0.15, 0.2) is 11.0 Å². The highest BCUT2D eigenvalue weighted by Gasteiger charge is 2.24. The summed E-state index contributed by atoms with van der Waals surface area (Å²) in [5, 5.41) is 10.8. The topological polar surface area (TPSA) is 103 Å². The number of nitrogens with one attached hydrogen (secondary N) is 1. The maximum Gasteiger partial charge on any atom is 0.318 e. The Bertz CT molecular complexity index is 829. The van der Waals surface area contributed by atoms with Gasteiger partial charge >= 0.3 is 6.03 Å². The molecule has 26 heavy (non-hydrogen) atoms. The monoisotopic (exact) mass is 393 g/mol. The largest absolute Gasteiger partial charge is 0.351 e. The van der Waals surface area contributed by atoms with Gasteiger partial charge in [-0.1, -0.05) is 25.1 Å². The molecule has 0 unspecified atom stereocenters. The first-order chi connectivity index (χ1) is 12.4. The molecular formula is C17H23N5O2S2. The van der Waals surface area contributed by atoms with Crippen LogP contribution in [0.1, 0.15) is 37.1 Å². The molecule has 3 N–H and O–H groups in total. The minimum atomic E-state index is -0.851. The molecule has 9 heteroatoms. The van der Waals surface area contributed by atoms with Crippen molar-refractivity contribution < 1.29 is 9.59 Å². The second-order valence-electron chi connectivity index (χ2n) is 6.55. The molecule has 0 bridgehead atoms. The van der Waals surface area contributed by atoms with Crippen LogP contribution in [0.3, 0.4) is 0 Å². The number of nitrogens with two attached hydrogens (primary N) is 1. The second kappa shape index (κ2) is 7.79. The average Bonchev–Trinajstić information content (AvgIpc) is 3.17. The number of nitrogens with zero attached hydrogens (tertiary/aromatic N) is 3. The van der Waals surface area contributed by atoms with E-state index in [2.05, 4.69) is 28.5 Å². The van der Waals surface area contributed by atoms with Gasteiger partial charge in [0.25, 0.3) is 0 Å². The standard InChI is InChI=1S/C17H23N5O2S2/c1-4-10-5-6-12-11(7-10)8-13(26-12)14-20-21-17(22(14)3)25-9(2)15(23)19-16(18)24/h8-10H,4-7H2,1-3H3,(H3,18,19,23,24)/t9-,10+/m0/s1. The van der Waals surface area contributed by atoms with Crippen molar-refractivity contribution in [3.8, 4) is 10.7 Å². The number of primary amides is 1. The summed E-state index contributed by atoms with van der Waals surface area (Å²) in [6.45, 7) is 3.96. The highest BCUT2D eigenvalue weighted by molar-refractivity contribution is 8.00. The number of thioether (sulfide) groups is 1. The van der Waals surface area contributed by atoms with E-state index in [1.165, 1.54) is 35.0 Å². The number of amides is 3. The number of fused-ring (bicyclic) bond motifs is 1. The molecule has 1 aliphatic carbocycles. The van der Waals surface area contributed by atoms with Crippen LogP contribution in [-0.2, 0) is 24.7 Å². The summed E-state index contributed by atoms with van der Waals surface area (Å²) in [5.74, 6) is 1.15. The van der Waals surface area contributed by atoms with Crippen molar-refractivity contribution in [3.63, 3.8) is 0 Å². The third kappa shape index (κ3) is 3.93. The van der Waals surface area contributed by atoms with Crippen LogP contribution in [0.15, 0.2) is 11.2 Å². The van der Waals surface area contributed by atoms with Crippen LogP contribution in [0, 0.1) is 5.92 Å². The Kier molecular flexibility index (Phi) is 5.67. The molecule has 140 valence electrons. The van der Waals surface area contributed by atoms with Gasteiger partial charge in [-0.05, 0) is 43.7 Å². The predicted octanol–water partition coefficient (Wildman–Crippen LogP) is 2.73. The van der Waals surface area contributed by atoms with Crippen LogP contribution in [0.5, 0.6) is 0 Å². The van der Waals surface area contributed by atoms with E-state index < -0.39 is 17.2 Å². The number of imide groups is 1. The molecule has 0 radical (unpaired) electrons. The Morgan fingerprint density at radius 1 is 1.50 bits per heavy atom. The molecular weight excluding hydrogens is 370 g/mol. The van der Waals surface area contributed by atoms with Gasteiger partial charge in [0.2, 0.25) is 5.91 Å². The fraction of sp³-hybridized carbons (Fsp3) is 0.529. The number of aromatic nitrogens is 3. The van der Waals surface area contributed by atoms with Gasteiger partial charge in [-0.3, -0.25) is 10.1 Å². The maximum absolute atomic E-state index is 11.8. The number of hydrogen-bond acceptors (Lipinski definition) is 6. The minimum absolute atomic E-state index is 0.441. The number of urea groups is 1. The van der Waals surface area contributed by atoms with E-state index in [4.69, 9.17) is 5.73 Å². The fourth-order valence-electron chi connectivity index (χ4n) is 3.12. The van der Waals surface area contributed by atoms with Crippen LogP contribution in [-0.4, -0.2) is 32.0 Å². The van der Waals surface area contributed by atoms with E-state index in [-0.39, 0.29) is 0 Å². The van der Waals surface area contributed by atoms with Crippen LogP contribution in [0.4, 0.5) is 4.79 Å². The van der Waals surface area contributed by atoms with Gasteiger partial charge in [-0.15, -0.1) is 21.5 Å². The molecule has 0 spiro atoms. The zero-order chi connectivity index (χ0) is 18.8. The lowest BCUT2D eigenvalue weighted by Gasteiger charge is -2.19. The molecule has 7 nitrogen and oxygen atoms in total. The number of aryl methyl sites for hydroxylation is 1.